The van der Waals surface area contributed by atoms with Gasteiger partial charge in [0.2, 0.25) is 5.91 Å². The van der Waals surface area contributed by atoms with Crippen molar-refractivity contribution in [1.29, 1.82) is 0 Å². The first-order valence-electron chi connectivity index (χ1n) is 10.7. The van der Waals surface area contributed by atoms with E-state index in [0.29, 0.717) is 22.0 Å². The van der Waals surface area contributed by atoms with Crippen molar-refractivity contribution in [2.24, 2.45) is 0 Å². The maximum Gasteiger partial charge on any atom is 0.257 e. The second-order valence-corrected chi connectivity index (χ2v) is 9.03. The van der Waals surface area contributed by atoms with Gasteiger partial charge in [0.05, 0.1) is 17.7 Å². The highest BCUT2D eigenvalue weighted by molar-refractivity contribution is 7.20. The molecule has 1 N–H and O–H groups in total. The van der Waals surface area contributed by atoms with Crippen LogP contribution in [0.1, 0.15) is 52.2 Å². The molecule has 1 aromatic carbocycles. The van der Waals surface area contributed by atoms with E-state index in [2.05, 4.69) is 10.5 Å². The van der Waals surface area contributed by atoms with E-state index in [0.717, 1.165) is 53.9 Å². The summed E-state index contributed by atoms with van der Waals surface area (Å²) in [5.74, 6) is 0.468. The van der Waals surface area contributed by atoms with Crippen LogP contribution in [0.25, 0.3) is 10.4 Å². The molecule has 1 saturated heterocycles. The van der Waals surface area contributed by atoms with Crippen LogP contribution in [0.5, 0.6) is 0 Å². The minimum Gasteiger partial charge on any atom is -0.361 e. The van der Waals surface area contributed by atoms with Crippen molar-refractivity contribution < 1.29 is 14.1 Å². The van der Waals surface area contributed by atoms with E-state index in [1.807, 2.05) is 49.1 Å². The summed E-state index contributed by atoms with van der Waals surface area (Å²) in [4.78, 5) is 29.3. The molecule has 1 fully saturated rings. The van der Waals surface area contributed by atoms with E-state index < -0.39 is 0 Å². The highest BCUT2D eigenvalue weighted by Gasteiger charge is 2.28. The van der Waals surface area contributed by atoms with Crippen molar-refractivity contribution in [2.45, 2.75) is 46.5 Å². The number of hydrogen-bond acceptors (Lipinski definition) is 5. The van der Waals surface area contributed by atoms with Crippen LogP contribution in [0, 0.1) is 20.8 Å². The average molecular weight is 438 g/mol. The predicted octanol–water partition coefficient (Wildman–Crippen LogP) is 5.14. The summed E-state index contributed by atoms with van der Waals surface area (Å²) in [7, 11) is 0. The van der Waals surface area contributed by atoms with Gasteiger partial charge in [-0.3, -0.25) is 9.59 Å². The molecule has 0 radical (unpaired) electrons. The van der Waals surface area contributed by atoms with E-state index >= 15 is 0 Å². The summed E-state index contributed by atoms with van der Waals surface area (Å²) in [5.41, 5.74) is 4.07. The zero-order valence-electron chi connectivity index (χ0n) is 18.2. The van der Waals surface area contributed by atoms with Crippen LogP contribution in [-0.2, 0) is 11.2 Å². The molecule has 0 aliphatic carbocycles. The first kappa shape index (κ1) is 21.3. The molecule has 6 nitrogen and oxygen atoms in total. The fourth-order valence-electron chi connectivity index (χ4n) is 4.06. The molecule has 3 aromatic rings. The number of hydrogen-bond donors (Lipinski definition) is 1. The van der Waals surface area contributed by atoms with Crippen molar-refractivity contribution in [3.05, 3.63) is 58.5 Å². The number of piperidine rings is 1. The Hall–Kier alpha value is -2.93. The van der Waals surface area contributed by atoms with E-state index in [-0.39, 0.29) is 18.2 Å². The number of nitrogens with zero attached hydrogens (tertiary/aromatic N) is 2. The number of carbonyl (C=O) groups excluding carboxylic acids is 2. The van der Waals surface area contributed by atoms with Gasteiger partial charge in [0, 0.05) is 23.5 Å². The number of anilines is 1. The second-order valence-electron chi connectivity index (χ2n) is 8.01. The Kier molecular flexibility index (Phi) is 6.23. The van der Waals surface area contributed by atoms with Gasteiger partial charge in [0.25, 0.3) is 5.91 Å². The van der Waals surface area contributed by atoms with Crippen LogP contribution >= 0.6 is 11.3 Å². The van der Waals surface area contributed by atoms with Crippen molar-refractivity contribution in [3.63, 3.8) is 0 Å². The standard InChI is InChI=1S/C24H27N3O3S/c1-15-21(24(29)27-12-8-5-9-13-27)23(31-22(15)18-10-6-4-7-11-18)25-20(28)14-19-16(2)26-30-17(19)3/h4,6-7,10-11H,5,8-9,12-14H2,1-3H3,(H,25,28). The predicted molar refractivity (Wildman–Crippen MR) is 123 cm³/mol. The summed E-state index contributed by atoms with van der Waals surface area (Å²) < 4.78 is 5.18. The number of aromatic nitrogens is 1. The minimum atomic E-state index is -0.178. The van der Waals surface area contributed by atoms with E-state index in [1.165, 1.54) is 11.3 Å². The van der Waals surface area contributed by atoms with Crippen molar-refractivity contribution in [3.8, 4) is 10.4 Å². The van der Waals surface area contributed by atoms with E-state index in [9.17, 15) is 9.59 Å². The zero-order chi connectivity index (χ0) is 22.0. The SMILES string of the molecule is Cc1noc(C)c1CC(=O)Nc1sc(-c2ccccc2)c(C)c1C(=O)N1CCCCC1. The lowest BCUT2D eigenvalue weighted by atomic mass is 10.0. The van der Waals surface area contributed by atoms with Crippen LogP contribution in [0.3, 0.4) is 0 Å². The van der Waals surface area contributed by atoms with Gasteiger partial charge in [-0.1, -0.05) is 35.5 Å². The number of likely N-dealkylation sites (tertiary alicyclic amines) is 1. The normalized spacial score (nSPS) is 14.0. The molecule has 31 heavy (non-hydrogen) atoms. The molecule has 0 unspecified atom stereocenters. The molecule has 0 saturated carbocycles. The molecule has 0 bridgehead atoms. The molecule has 4 rings (SSSR count). The molecule has 0 atom stereocenters. The second kappa shape index (κ2) is 9.06. The Morgan fingerprint density at radius 2 is 1.81 bits per heavy atom. The largest absolute Gasteiger partial charge is 0.361 e. The number of aryl methyl sites for hydroxylation is 2. The fraction of sp³-hybridized carbons (Fsp3) is 0.375. The van der Waals surface area contributed by atoms with Gasteiger partial charge in [-0.15, -0.1) is 11.3 Å². The number of thiophene rings is 1. The summed E-state index contributed by atoms with van der Waals surface area (Å²) in [5, 5.41) is 7.56. The lowest BCUT2D eigenvalue weighted by Crippen LogP contribution is -2.36. The quantitative estimate of drug-likeness (QED) is 0.600. The zero-order valence-corrected chi connectivity index (χ0v) is 19.0. The molecule has 162 valence electrons. The number of nitrogens with one attached hydrogen (secondary N) is 1. The Balaban J connectivity index is 1.68. The molecule has 7 heteroatoms. The van der Waals surface area contributed by atoms with Crippen LogP contribution in [0.2, 0.25) is 0 Å². The van der Waals surface area contributed by atoms with Gasteiger partial charge in [0.1, 0.15) is 10.8 Å². The minimum absolute atomic E-state index is 0.00303. The summed E-state index contributed by atoms with van der Waals surface area (Å²) in [6, 6.07) is 10.00. The topological polar surface area (TPSA) is 75.4 Å². The number of amides is 2. The number of carbonyl (C=O) groups is 2. The highest BCUT2D eigenvalue weighted by Crippen LogP contribution is 2.40. The Bertz CT molecular complexity index is 1080. The van der Waals surface area contributed by atoms with Crippen molar-refractivity contribution in [2.75, 3.05) is 18.4 Å². The third-order valence-electron chi connectivity index (χ3n) is 5.81. The molecular weight excluding hydrogens is 410 g/mol. The maximum absolute atomic E-state index is 13.4. The van der Waals surface area contributed by atoms with Crippen LogP contribution < -0.4 is 5.32 Å². The Labute approximate surface area is 186 Å². The summed E-state index contributed by atoms with van der Waals surface area (Å²) in [6.07, 6.45) is 3.36. The third kappa shape index (κ3) is 4.42. The molecule has 3 heterocycles. The summed E-state index contributed by atoms with van der Waals surface area (Å²) in [6.45, 7) is 7.13. The van der Waals surface area contributed by atoms with E-state index in [1.54, 1.807) is 6.92 Å². The maximum atomic E-state index is 13.4. The summed E-state index contributed by atoms with van der Waals surface area (Å²) >= 11 is 1.46. The number of rotatable bonds is 5. The van der Waals surface area contributed by atoms with Gasteiger partial charge in [-0.25, -0.2) is 0 Å². The molecule has 0 spiro atoms. The van der Waals surface area contributed by atoms with Gasteiger partial charge in [0.15, 0.2) is 0 Å². The van der Waals surface area contributed by atoms with Gasteiger partial charge >= 0.3 is 0 Å². The molecule has 2 amide bonds. The molecule has 1 aliphatic heterocycles. The van der Waals surface area contributed by atoms with Crippen LogP contribution in [0.15, 0.2) is 34.9 Å². The third-order valence-corrected chi connectivity index (χ3v) is 7.07. The monoisotopic (exact) mass is 437 g/mol. The first-order valence-corrected chi connectivity index (χ1v) is 11.5. The van der Waals surface area contributed by atoms with Gasteiger partial charge in [-0.2, -0.15) is 0 Å². The lowest BCUT2D eigenvalue weighted by molar-refractivity contribution is -0.115. The first-order chi connectivity index (χ1) is 15.0. The lowest BCUT2D eigenvalue weighted by Gasteiger charge is -2.27. The Morgan fingerprint density at radius 1 is 1.10 bits per heavy atom. The fourth-order valence-corrected chi connectivity index (χ4v) is 5.29. The average Bonchev–Trinajstić information content (AvgIpc) is 3.27. The Morgan fingerprint density at radius 3 is 2.45 bits per heavy atom. The van der Waals surface area contributed by atoms with Crippen LogP contribution in [-0.4, -0.2) is 35.0 Å². The van der Waals surface area contributed by atoms with E-state index in [4.69, 9.17) is 4.52 Å². The van der Waals surface area contributed by atoms with Crippen molar-refractivity contribution in [1.82, 2.24) is 10.1 Å². The highest BCUT2D eigenvalue weighted by atomic mass is 32.1. The smallest absolute Gasteiger partial charge is 0.257 e. The van der Waals surface area contributed by atoms with Crippen molar-refractivity contribution >= 4 is 28.2 Å². The molecule has 2 aromatic heterocycles. The molecular formula is C24H27N3O3S. The van der Waals surface area contributed by atoms with Gasteiger partial charge in [-0.05, 0) is 51.2 Å². The van der Waals surface area contributed by atoms with Gasteiger partial charge < -0.3 is 14.7 Å². The number of benzene rings is 1. The molecule has 1 aliphatic rings. The van der Waals surface area contributed by atoms with Crippen LogP contribution in [0.4, 0.5) is 5.00 Å².